The molecule has 2 N–H and O–H groups in total. The molecule has 7 nitrogen and oxygen atoms in total. The monoisotopic (exact) mass is 316 g/mol. The summed E-state index contributed by atoms with van der Waals surface area (Å²) in [5, 5.41) is 12.2. The van der Waals surface area contributed by atoms with Gasteiger partial charge in [-0.25, -0.2) is 0 Å². The van der Waals surface area contributed by atoms with Crippen LogP contribution in [-0.4, -0.2) is 50.6 Å². The molecular formula is C16H24N6O. The fraction of sp³-hybridized carbons (Fsp3) is 0.500. The van der Waals surface area contributed by atoms with Crippen LogP contribution in [0.1, 0.15) is 20.3 Å². The Morgan fingerprint density at radius 1 is 1.30 bits per heavy atom. The van der Waals surface area contributed by atoms with Crippen LogP contribution in [0.15, 0.2) is 30.3 Å². The van der Waals surface area contributed by atoms with Gasteiger partial charge in [0.25, 0.3) is 0 Å². The molecule has 0 bridgehead atoms. The van der Waals surface area contributed by atoms with Crippen molar-refractivity contribution < 1.29 is 4.79 Å². The first-order valence-electron chi connectivity index (χ1n) is 7.80. The predicted molar refractivity (Wildman–Crippen MR) is 88.3 cm³/mol. The van der Waals surface area contributed by atoms with Crippen molar-refractivity contribution in [2.45, 2.75) is 32.9 Å². The molecule has 1 atom stereocenters. The quantitative estimate of drug-likeness (QED) is 0.828. The van der Waals surface area contributed by atoms with Gasteiger partial charge in [0.1, 0.15) is 6.54 Å². The van der Waals surface area contributed by atoms with E-state index in [-0.39, 0.29) is 18.5 Å². The Morgan fingerprint density at radius 3 is 2.65 bits per heavy atom. The van der Waals surface area contributed by atoms with Gasteiger partial charge in [0.15, 0.2) is 0 Å². The van der Waals surface area contributed by atoms with Crippen molar-refractivity contribution in [1.29, 1.82) is 0 Å². The number of rotatable bonds is 7. The van der Waals surface area contributed by atoms with E-state index < -0.39 is 0 Å². The van der Waals surface area contributed by atoms with Crippen molar-refractivity contribution in [1.82, 2.24) is 25.1 Å². The minimum atomic E-state index is -0.0574. The lowest BCUT2D eigenvalue weighted by molar-refractivity contribution is -0.131. The first-order valence-corrected chi connectivity index (χ1v) is 7.80. The van der Waals surface area contributed by atoms with E-state index in [0.717, 1.165) is 12.0 Å². The average Bonchev–Trinajstić information content (AvgIpc) is 3.01. The second-order valence-corrected chi connectivity index (χ2v) is 6.02. The van der Waals surface area contributed by atoms with E-state index in [4.69, 9.17) is 5.73 Å². The highest BCUT2D eigenvalue weighted by molar-refractivity contribution is 5.75. The molecule has 2 rings (SSSR count). The van der Waals surface area contributed by atoms with Crippen molar-refractivity contribution in [2.75, 3.05) is 13.6 Å². The zero-order chi connectivity index (χ0) is 16.8. The SMILES string of the molecule is CC(C)C(N)CCN(C)C(=O)Cn1nnc(-c2ccccc2)n1. The molecule has 0 saturated heterocycles. The van der Waals surface area contributed by atoms with E-state index in [2.05, 4.69) is 29.3 Å². The Bertz CT molecular complexity index is 625. The third-order valence-electron chi connectivity index (χ3n) is 3.84. The number of hydrogen-bond donors (Lipinski definition) is 1. The fourth-order valence-corrected chi connectivity index (χ4v) is 2.06. The molecule has 0 aliphatic carbocycles. The summed E-state index contributed by atoms with van der Waals surface area (Å²) < 4.78 is 0. The van der Waals surface area contributed by atoms with Gasteiger partial charge in [-0.1, -0.05) is 44.2 Å². The van der Waals surface area contributed by atoms with Crippen LogP contribution in [-0.2, 0) is 11.3 Å². The summed E-state index contributed by atoms with van der Waals surface area (Å²) in [7, 11) is 1.77. The molecule has 0 spiro atoms. The first kappa shape index (κ1) is 17.1. The summed E-state index contributed by atoms with van der Waals surface area (Å²) in [6, 6.07) is 9.65. The van der Waals surface area contributed by atoms with Crippen LogP contribution in [0.2, 0.25) is 0 Å². The zero-order valence-electron chi connectivity index (χ0n) is 13.9. The maximum atomic E-state index is 12.2. The molecule has 7 heteroatoms. The Labute approximate surface area is 136 Å². The van der Waals surface area contributed by atoms with Gasteiger partial charge in [-0.05, 0) is 17.6 Å². The third-order valence-corrected chi connectivity index (χ3v) is 3.84. The Balaban J connectivity index is 1.89. The summed E-state index contributed by atoms with van der Waals surface area (Å²) in [5.74, 6) is 0.866. The highest BCUT2D eigenvalue weighted by Gasteiger charge is 2.15. The number of nitrogens with zero attached hydrogens (tertiary/aromatic N) is 5. The maximum Gasteiger partial charge on any atom is 0.245 e. The predicted octanol–water partition coefficient (Wildman–Crippen LogP) is 1.17. The number of hydrogen-bond acceptors (Lipinski definition) is 5. The van der Waals surface area contributed by atoms with E-state index in [9.17, 15) is 4.79 Å². The zero-order valence-corrected chi connectivity index (χ0v) is 13.9. The van der Waals surface area contributed by atoms with E-state index in [1.54, 1.807) is 11.9 Å². The van der Waals surface area contributed by atoms with Crippen LogP contribution in [0.25, 0.3) is 11.4 Å². The largest absolute Gasteiger partial charge is 0.344 e. The van der Waals surface area contributed by atoms with Crippen LogP contribution in [0.4, 0.5) is 0 Å². The number of benzene rings is 1. The molecule has 1 aromatic carbocycles. The summed E-state index contributed by atoms with van der Waals surface area (Å²) in [4.78, 5) is 15.2. The number of carbonyl (C=O) groups excluding carboxylic acids is 1. The lowest BCUT2D eigenvalue weighted by Crippen LogP contribution is -2.36. The number of tetrazole rings is 1. The summed E-state index contributed by atoms with van der Waals surface area (Å²) in [6.45, 7) is 4.86. The first-order chi connectivity index (χ1) is 11.0. The molecular weight excluding hydrogens is 292 g/mol. The van der Waals surface area contributed by atoms with Gasteiger partial charge in [-0.3, -0.25) is 4.79 Å². The van der Waals surface area contributed by atoms with Gasteiger partial charge in [0.05, 0.1) is 0 Å². The van der Waals surface area contributed by atoms with Crippen LogP contribution < -0.4 is 5.73 Å². The molecule has 2 aromatic rings. The number of likely N-dealkylation sites (N-methyl/N-ethyl adjacent to an activating group) is 1. The standard InChI is InChI=1S/C16H24N6O/c1-12(2)14(17)9-10-21(3)15(23)11-22-19-16(18-20-22)13-7-5-4-6-8-13/h4-8,12,14H,9-11,17H2,1-3H3. The van der Waals surface area contributed by atoms with E-state index in [1.807, 2.05) is 30.3 Å². The van der Waals surface area contributed by atoms with E-state index in [0.29, 0.717) is 18.3 Å². The Morgan fingerprint density at radius 2 is 2.00 bits per heavy atom. The number of aromatic nitrogens is 4. The maximum absolute atomic E-state index is 12.2. The molecule has 23 heavy (non-hydrogen) atoms. The van der Waals surface area contributed by atoms with Crippen LogP contribution in [0.5, 0.6) is 0 Å². The molecule has 1 unspecified atom stereocenters. The second-order valence-electron chi connectivity index (χ2n) is 6.02. The molecule has 0 aliphatic heterocycles. The summed E-state index contributed by atoms with van der Waals surface area (Å²) in [6.07, 6.45) is 0.778. The normalized spacial score (nSPS) is 12.4. The van der Waals surface area contributed by atoms with E-state index in [1.165, 1.54) is 4.80 Å². The molecule has 124 valence electrons. The molecule has 0 aliphatic rings. The minimum Gasteiger partial charge on any atom is -0.344 e. The second kappa shape index (κ2) is 7.82. The van der Waals surface area contributed by atoms with Gasteiger partial charge in [-0.2, -0.15) is 4.80 Å². The van der Waals surface area contributed by atoms with Gasteiger partial charge in [0.2, 0.25) is 11.7 Å². The highest BCUT2D eigenvalue weighted by Crippen LogP contribution is 2.11. The van der Waals surface area contributed by atoms with Crippen LogP contribution in [0, 0.1) is 5.92 Å². The van der Waals surface area contributed by atoms with Crippen molar-refractivity contribution in [3.05, 3.63) is 30.3 Å². The Kier molecular flexibility index (Phi) is 5.81. The summed E-state index contributed by atoms with van der Waals surface area (Å²) >= 11 is 0. The summed E-state index contributed by atoms with van der Waals surface area (Å²) in [5.41, 5.74) is 6.88. The van der Waals surface area contributed by atoms with Crippen LogP contribution >= 0.6 is 0 Å². The Hall–Kier alpha value is -2.28. The van der Waals surface area contributed by atoms with Gasteiger partial charge in [0, 0.05) is 25.2 Å². The minimum absolute atomic E-state index is 0.0574. The highest BCUT2D eigenvalue weighted by atomic mass is 16.2. The van der Waals surface area contributed by atoms with Gasteiger partial charge >= 0.3 is 0 Å². The topological polar surface area (TPSA) is 89.9 Å². The van der Waals surface area contributed by atoms with Crippen molar-refractivity contribution in [3.8, 4) is 11.4 Å². The molecule has 0 fully saturated rings. The average molecular weight is 316 g/mol. The number of amides is 1. The third kappa shape index (κ3) is 4.85. The van der Waals surface area contributed by atoms with Crippen LogP contribution in [0.3, 0.4) is 0 Å². The molecule has 1 heterocycles. The van der Waals surface area contributed by atoms with Gasteiger partial charge < -0.3 is 10.6 Å². The van der Waals surface area contributed by atoms with E-state index >= 15 is 0 Å². The smallest absolute Gasteiger partial charge is 0.245 e. The molecule has 0 radical (unpaired) electrons. The van der Waals surface area contributed by atoms with Gasteiger partial charge in [-0.15, -0.1) is 10.2 Å². The lowest BCUT2D eigenvalue weighted by atomic mass is 10.0. The molecule has 1 amide bonds. The van der Waals surface area contributed by atoms with Crippen molar-refractivity contribution in [3.63, 3.8) is 0 Å². The lowest BCUT2D eigenvalue weighted by Gasteiger charge is -2.21. The van der Waals surface area contributed by atoms with Crippen molar-refractivity contribution in [2.24, 2.45) is 11.7 Å². The molecule has 0 saturated carbocycles. The number of nitrogens with two attached hydrogens (primary N) is 1. The molecule has 1 aromatic heterocycles. The van der Waals surface area contributed by atoms with Crippen molar-refractivity contribution >= 4 is 5.91 Å². The fourth-order valence-electron chi connectivity index (χ4n) is 2.06. The number of carbonyl (C=O) groups is 1.